The van der Waals surface area contributed by atoms with Crippen LogP contribution in [0.4, 0.5) is 28.4 Å². The fraction of sp³-hybridized carbons (Fsp3) is 0.143. The minimum Gasteiger partial charge on any atom is -0.489 e. The first-order valence-electron chi connectivity index (χ1n) is 9.91. The Kier molecular flexibility index (Phi) is 10.8. The predicted molar refractivity (Wildman–Crippen MR) is 138 cm³/mol. The van der Waals surface area contributed by atoms with Crippen LogP contribution in [0.1, 0.15) is 5.56 Å². The molecule has 36 heavy (non-hydrogen) atoms. The van der Waals surface area contributed by atoms with Gasteiger partial charge in [-0.05, 0) is 61.0 Å². The Balaban J connectivity index is 0.000000271. The highest BCUT2D eigenvalue weighted by Crippen LogP contribution is 2.27. The first-order valence-corrected chi connectivity index (χ1v) is 12.8. The third-order valence-corrected chi connectivity index (χ3v) is 6.02. The average molecular weight is 544 g/mol. The molecule has 0 aliphatic rings. The zero-order chi connectivity index (χ0) is 27.7. The summed E-state index contributed by atoms with van der Waals surface area (Å²) in [4.78, 5) is -0.505. The van der Waals surface area contributed by atoms with Gasteiger partial charge >= 0.3 is 0 Å². The molecule has 13 nitrogen and oxygen atoms in total. The van der Waals surface area contributed by atoms with Crippen LogP contribution in [-0.2, 0) is 20.2 Å². The molecule has 0 unspecified atom stereocenters. The molecule has 0 amide bonds. The number of anilines is 5. The zero-order valence-electron chi connectivity index (χ0n) is 19.2. The standard InChI is InChI=1S/C9H14N2O2.C6H8N2O3S.C6H7NO3S/c1-6-4-8(11)9(5-7(6)10)13-3-2-12;7-4-1-2-5(8)6(3-4)12(9,10)11;7-5-1-3-6(4-2-5)11(8,9)10/h4-5,12H,2-3,10-11H2,1H3;1-3H,7-8H2,(H,9,10,11);1-4H,7H2,(H,8,9,10). The van der Waals surface area contributed by atoms with Crippen LogP contribution in [0.2, 0.25) is 0 Å². The van der Waals surface area contributed by atoms with E-state index >= 15 is 0 Å². The molecule has 0 fully saturated rings. The molecule has 0 spiro atoms. The molecule has 0 saturated heterocycles. The van der Waals surface area contributed by atoms with Crippen molar-refractivity contribution >= 4 is 48.7 Å². The average Bonchev–Trinajstić information content (AvgIpc) is 2.77. The molecule has 0 aromatic heterocycles. The van der Waals surface area contributed by atoms with Crippen molar-refractivity contribution in [2.24, 2.45) is 0 Å². The molecule has 3 aromatic carbocycles. The summed E-state index contributed by atoms with van der Waals surface area (Å²) in [6.07, 6.45) is 0. The van der Waals surface area contributed by atoms with Crippen molar-refractivity contribution < 1.29 is 35.8 Å². The summed E-state index contributed by atoms with van der Waals surface area (Å²) < 4.78 is 64.5. The van der Waals surface area contributed by atoms with Gasteiger partial charge in [-0.1, -0.05) is 0 Å². The Hall–Kier alpha value is -3.76. The molecule has 0 aliphatic carbocycles. The van der Waals surface area contributed by atoms with Crippen LogP contribution in [0.25, 0.3) is 0 Å². The van der Waals surface area contributed by atoms with E-state index in [-0.39, 0.29) is 34.4 Å². The highest BCUT2D eigenvalue weighted by atomic mass is 32.2. The Morgan fingerprint density at radius 1 is 0.722 bits per heavy atom. The first kappa shape index (κ1) is 30.3. The van der Waals surface area contributed by atoms with Crippen molar-refractivity contribution in [1.29, 1.82) is 0 Å². The SMILES string of the molecule is Cc1cc(N)c(OCCO)cc1N.Nc1ccc(N)c(S(=O)(=O)O)c1.Nc1ccc(S(=O)(=O)O)cc1. The molecule has 15 heteroatoms. The lowest BCUT2D eigenvalue weighted by atomic mass is 10.1. The van der Waals surface area contributed by atoms with E-state index in [4.69, 9.17) is 47.6 Å². The topological polar surface area (TPSA) is 268 Å². The summed E-state index contributed by atoms with van der Waals surface area (Å²) in [6, 6.07) is 12.6. The van der Waals surface area contributed by atoms with Crippen LogP contribution in [0, 0.1) is 6.92 Å². The number of hydrogen-bond acceptors (Lipinski definition) is 11. The zero-order valence-corrected chi connectivity index (χ0v) is 20.8. The lowest BCUT2D eigenvalue weighted by Gasteiger charge is -2.09. The Bertz CT molecular complexity index is 1380. The van der Waals surface area contributed by atoms with Crippen LogP contribution in [0.5, 0.6) is 5.75 Å². The number of aliphatic hydroxyl groups is 1. The van der Waals surface area contributed by atoms with Gasteiger partial charge in [0.15, 0.2) is 0 Å². The van der Waals surface area contributed by atoms with Crippen LogP contribution in [-0.4, -0.2) is 44.3 Å². The summed E-state index contributed by atoms with van der Waals surface area (Å²) >= 11 is 0. The van der Waals surface area contributed by atoms with Gasteiger partial charge in [0, 0.05) is 23.1 Å². The number of aryl methyl sites for hydroxylation is 1. The lowest BCUT2D eigenvalue weighted by Crippen LogP contribution is -2.05. The molecule has 3 rings (SSSR count). The van der Waals surface area contributed by atoms with Crippen LogP contribution >= 0.6 is 0 Å². The molecule has 3 aromatic rings. The minimum atomic E-state index is -4.26. The highest BCUT2D eigenvalue weighted by Gasteiger charge is 2.13. The van der Waals surface area contributed by atoms with Gasteiger partial charge in [-0.2, -0.15) is 16.8 Å². The van der Waals surface area contributed by atoms with Gasteiger partial charge in [-0.25, -0.2) is 0 Å². The van der Waals surface area contributed by atoms with Gasteiger partial charge in [-0.3, -0.25) is 9.11 Å². The Morgan fingerprint density at radius 2 is 1.28 bits per heavy atom. The Morgan fingerprint density at radius 3 is 1.75 bits per heavy atom. The third-order valence-electron chi connectivity index (χ3n) is 4.24. The maximum Gasteiger partial charge on any atom is 0.296 e. The normalized spacial score (nSPS) is 10.9. The van der Waals surface area contributed by atoms with Crippen molar-refractivity contribution in [2.75, 3.05) is 41.9 Å². The Labute approximate surface area is 209 Å². The number of nitrogen functional groups attached to an aromatic ring is 5. The number of aliphatic hydroxyl groups excluding tert-OH is 1. The molecule has 0 bridgehead atoms. The van der Waals surface area contributed by atoms with Gasteiger partial charge < -0.3 is 38.5 Å². The summed E-state index contributed by atoms with van der Waals surface area (Å²) in [5, 5.41) is 8.55. The van der Waals surface area contributed by atoms with Gasteiger partial charge in [0.2, 0.25) is 0 Å². The molecule has 0 atom stereocenters. The van der Waals surface area contributed by atoms with Crippen molar-refractivity contribution in [1.82, 2.24) is 0 Å². The second-order valence-corrected chi connectivity index (χ2v) is 9.95. The summed E-state index contributed by atoms with van der Waals surface area (Å²) in [7, 11) is -8.34. The molecule has 0 radical (unpaired) electrons. The van der Waals surface area contributed by atoms with E-state index in [9.17, 15) is 16.8 Å². The molecule has 0 heterocycles. The lowest BCUT2D eigenvalue weighted by molar-refractivity contribution is 0.202. The molecular weight excluding hydrogens is 514 g/mol. The molecular formula is C21H29N5O8S2. The maximum atomic E-state index is 10.6. The smallest absolute Gasteiger partial charge is 0.296 e. The van der Waals surface area contributed by atoms with E-state index < -0.39 is 20.2 Å². The second-order valence-electron chi connectivity index (χ2n) is 7.14. The van der Waals surface area contributed by atoms with Crippen molar-refractivity contribution in [2.45, 2.75) is 16.7 Å². The number of rotatable bonds is 5. The number of hydrogen-bond donors (Lipinski definition) is 8. The van der Waals surface area contributed by atoms with Gasteiger partial charge in [0.1, 0.15) is 17.3 Å². The van der Waals surface area contributed by atoms with Crippen LogP contribution in [0.15, 0.2) is 64.4 Å². The monoisotopic (exact) mass is 543 g/mol. The molecule has 0 saturated carbocycles. The van der Waals surface area contributed by atoms with E-state index in [0.717, 1.165) is 11.6 Å². The number of ether oxygens (including phenoxy) is 1. The van der Waals surface area contributed by atoms with Crippen LogP contribution in [0.3, 0.4) is 0 Å². The van der Waals surface area contributed by atoms with Crippen molar-refractivity contribution in [3.8, 4) is 5.75 Å². The van der Waals surface area contributed by atoms with Gasteiger partial charge in [-0.15, -0.1) is 0 Å². The maximum absolute atomic E-state index is 10.6. The molecule has 0 aliphatic heterocycles. The number of benzene rings is 3. The van der Waals surface area contributed by atoms with Crippen LogP contribution < -0.4 is 33.4 Å². The number of nitrogens with two attached hydrogens (primary N) is 5. The van der Waals surface area contributed by atoms with Crippen molar-refractivity contribution in [3.05, 3.63) is 60.2 Å². The van der Waals surface area contributed by atoms with E-state index in [1.165, 1.54) is 36.4 Å². The summed E-state index contributed by atoms with van der Waals surface area (Å²) in [6.45, 7) is 2.07. The fourth-order valence-corrected chi connectivity index (χ4v) is 3.55. The second kappa shape index (κ2) is 12.8. The largest absolute Gasteiger partial charge is 0.489 e. The van der Waals surface area contributed by atoms with E-state index in [0.29, 0.717) is 22.8 Å². The summed E-state index contributed by atoms with van der Waals surface area (Å²) in [5.41, 5.74) is 30.0. The van der Waals surface area contributed by atoms with Gasteiger partial charge in [0.05, 0.1) is 22.9 Å². The highest BCUT2D eigenvalue weighted by molar-refractivity contribution is 7.86. The first-order chi connectivity index (χ1) is 16.6. The van der Waals surface area contributed by atoms with E-state index in [2.05, 4.69) is 0 Å². The molecule has 198 valence electrons. The van der Waals surface area contributed by atoms with E-state index in [1.807, 2.05) is 6.92 Å². The molecule has 13 N–H and O–H groups in total. The summed E-state index contributed by atoms with van der Waals surface area (Å²) in [5.74, 6) is 0.525. The quantitative estimate of drug-likeness (QED) is 0.166. The third kappa shape index (κ3) is 9.85. The fourth-order valence-electron chi connectivity index (χ4n) is 2.42. The van der Waals surface area contributed by atoms with E-state index in [1.54, 1.807) is 12.1 Å². The van der Waals surface area contributed by atoms with Gasteiger partial charge in [0.25, 0.3) is 20.2 Å². The van der Waals surface area contributed by atoms with Crippen molar-refractivity contribution in [3.63, 3.8) is 0 Å². The predicted octanol–water partition coefficient (Wildman–Crippen LogP) is 1.14. The minimum absolute atomic E-state index is 0.0216.